The lowest BCUT2D eigenvalue weighted by Gasteiger charge is -2.17. The third-order valence-corrected chi connectivity index (χ3v) is 2.24. The number of carbonyl (C=O) groups is 2. The first kappa shape index (κ1) is 18.6. The Morgan fingerprint density at radius 2 is 1.60 bits per heavy atom. The van der Waals surface area contributed by atoms with E-state index in [1.165, 1.54) is 6.20 Å². The van der Waals surface area contributed by atoms with Gasteiger partial charge in [-0.2, -0.15) is 0 Å². The van der Waals surface area contributed by atoms with E-state index in [2.05, 4.69) is 0 Å². The molecule has 0 N–H and O–H groups in total. The molecule has 0 amide bonds. The molecule has 0 aliphatic carbocycles. The van der Waals surface area contributed by atoms with Crippen LogP contribution in [0.15, 0.2) is 11.8 Å². The maximum Gasteiger partial charge on any atom is 0.343 e. The molecule has 0 spiro atoms. The summed E-state index contributed by atoms with van der Waals surface area (Å²) in [6.07, 6.45) is 0.799. The highest BCUT2D eigenvalue weighted by molar-refractivity contribution is 6.17. The number of carbonyl (C=O) groups excluding carboxylic acids is 2. The zero-order valence-corrected chi connectivity index (χ0v) is 13.0. The van der Waals surface area contributed by atoms with Crippen LogP contribution in [-0.2, 0) is 23.8 Å². The standard InChI is InChI=1S/C14H25NO5/c1-6-18-13(19-7-2)9-12(16)11(10-15(4)5)14(17)20-8-3/h10,13H,6-9H2,1-5H3. The van der Waals surface area contributed by atoms with Crippen molar-refractivity contribution in [1.82, 2.24) is 4.90 Å². The molecule has 0 atom stereocenters. The second-order valence-corrected chi connectivity index (χ2v) is 4.19. The predicted molar refractivity (Wildman–Crippen MR) is 75.1 cm³/mol. The summed E-state index contributed by atoms with van der Waals surface area (Å²) in [4.78, 5) is 25.6. The van der Waals surface area contributed by atoms with E-state index >= 15 is 0 Å². The molecule has 0 radical (unpaired) electrons. The van der Waals surface area contributed by atoms with Crippen molar-refractivity contribution < 1.29 is 23.8 Å². The third-order valence-electron chi connectivity index (χ3n) is 2.24. The molecule has 6 heteroatoms. The molecule has 0 bridgehead atoms. The van der Waals surface area contributed by atoms with Gasteiger partial charge in [0.1, 0.15) is 5.57 Å². The van der Waals surface area contributed by atoms with Gasteiger partial charge in [-0.15, -0.1) is 0 Å². The third kappa shape index (κ3) is 7.25. The van der Waals surface area contributed by atoms with E-state index in [-0.39, 0.29) is 24.4 Å². The van der Waals surface area contributed by atoms with Crippen molar-refractivity contribution in [3.63, 3.8) is 0 Å². The second-order valence-electron chi connectivity index (χ2n) is 4.19. The van der Waals surface area contributed by atoms with Crippen molar-refractivity contribution in [2.75, 3.05) is 33.9 Å². The Morgan fingerprint density at radius 3 is 2.00 bits per heavy atom. The molecule has 0 aromatic rings. The summed E-state index contributed by atoms with van der Waals surface area (Å²) in [6.45, 7) is 6.42. The Kier molecular flexibility index (Phi) is 9.67. The van der Waals surface area contributed by atoms with Crippen molar-refractivity contribution in [2.24, 2.45) is 0 Å². The minimum absolute atomic E-state index is 0.00116. The number of ether oxygens (including phenoxy) is 3. The number of esters is 1. The fraction of sp³-hybridized carbons (Fsp3) is 0.714. The van der Waals surface area contributed by atoms with E-state index in [4.69, 9.17) is 14.2 Å². The van der Waals surface area contributed by atoms with Gasteiger partial charge in [0.15, 0.2) is 12.1 Å². The van der Waals surface area contributed by atoms with E-state index in [0.29, 0.717) is 13.2 Å². The lowest BCUT2D eigenvalue weighted by Crippen LogP contribution is -2.26. The molecule has 0 saturated heterocycles. The highest BCUT2D eigenvalue weighted by atomic mass is 16.7. The molecule has 116 valence electrons. The summed E-state index contributed by atoms with van der Waals surface area (Å²) in [5, 5.41) is 0. The van der Waals surface area contributed by atoms with Gasteiger partial charge in [0.25, 0.3) is 0 Å². The predicted octanol–water partition coefficient (Wildman–Crippen LogP) is 1.35. The fourth-order valence-electron chi connectivity index (χ4n) is 1.50. The van der Waals surface area contributed by atoms with Crippen LogP contribution in [0, 0.1) is 0 Å². The van der Waals surface area contributed by atoms with Gasteiger partial charge in [-0.1, -0.05) is 0 Å². The van der Waals surface area contributed by atoms with Crippen LogP contribution in [-0.4, -0.2) is 56.9 Å². The smallest absolute Gasteiger partial charge is 0.343 e. The minimum atomic E-state index is -0.641. The normalized spacial score (nSPS) is 11.6. The van der Waals surface area contributed by atoms with Crippen molar-refractivity contribution in [2.45, 2.75) is 33.5 Å². The summed E-state index contributed by atoms with van der Waals surface area (Å²) in [7, 11) is 3.46. The Labute approximate surface area is 120 Å². The van der Waals surface area contributed by atoms with Gasteiger partial charge in [-0.25, -0.2) is 4.79 Å². The molecule has 6 nitrogen and oxygen atoms in total. The summed E-state index contributed by atoms with van der Waals surface area (Å²) < 4.78 is 15.5. The molecule has 0 aliphatic rings. The average molecular weight is 287 g/mol. The van der Waals surface area contributed by atoms with Crippen molar-refractivity contribution in [3.8, 4) is 0 Å². The van der Waals surface area contributed by atoms with E-state index in [1.54, 1.807) is 25.9 Å². The van der Waals surface area contributed by atoms with E-state index in [9.17, 15) is 9.59 Å². The molecule has 0 fully saturated rings. The molecule has 0 aromatic carbocycles. The van der Waals surface area contributed by atoms with Gasteiger partial charge in [0, 0.05) is 33.5 Å². The first-order valence-corrected chi connectivity index (χ1v) is 6.77. The quantitative estimate of drug-likeness (QED) is 0.199. The number of ketones is 1. The van der Waals surface area contributed by atoms with Gasteiger partial charge in [0.05, 0.1) is 13.0 Å². The zero-order valence-electron chi connectivity index (χ0n) is 13.0. The average Bonchev–Trinajstić information content (AvgIpc) is 2.36. The maximum atomic E-state index is 12.2. The second kappa shape index (κ2) is 10.4. The van der Waals surface area contributed by atoms with Gasteiger partial charge in [-0.05, 0) is 20.8 Å². The van der Waals surface area contributed by atoms with E-state index in [1.807, 2.05) is 13.8 Å². The van der Waals surface area contributed by atoms with Crippen LogP contribution in [0.1, 0.15) is 27.2 Å². The van der Waals surface area contributed by atoms with Crippen LogP contribution in [0.4, 0.5) is 0 Å². The molecule has 20 heavy (non-hydrogen) atoms. The van der Waals surface area contributed by atoms with Crippen LogP contribution in [0.25, 0.3) is 0 Å². The largest absolute Gasteiger partial charge is 0.462 e. The van der Waals surface area contributed by atoms with Crippen LogP contribution in [0.5, 0.6) is 0 Å². The van der Waals surface area contributed by atoms with E-state index in [0.717, 1.165) is 0 Å². The first-order chi connectivity index (χ1) is 9.46. The zero-order chi connectivity index (χ0) is 15.5. The first-order valence-electron chi connectivity index (χ1n) is 6.77. The van der Waals surface area contributed by atoms with Gasteiger partial charge in [-0.3, -0.25) is 4.79 Å². The molecule has 0 aliphatic heterocycles. The monoisotopic (exact) mass is 287 g/mol. The van der Waals surface area contributed by atoms with E-state index < -0.39 is 12.3 Å². The number of hydrogen-bond acceptors (Lipinski definition) is 6. The highest BCUT2D eigenvalue weighted by Crippen LogP contribution is 2.10. The molecule has 0 aromatic heterocycles. The molecular weight excluding hydrogens is 262 g/mol. The van der Waals surface area contributed by atoms with Crippen LogP contribution in [0.2, 0.25) is 0 Å². The number of hydrogen-bond donors (Lipinski definition) is 0. The van der Waals surface area contributed by atoms with Crippen molar-refractivity contribution >= 4 is 11.8 Å². The Morgan fingerprint density at radius 1 is 1.05 bits per heavy atom. The van der Waals surface area contributed by atoms with Crippen molar-refractivity contribution in [3.05, 3.63) is 11.8 Å². The summed E-state index contributed by atoms with van der Waals surface area (Å²) in [5.41, 5.74) is 0.00116. The Balaban J connectivity index is 4.90. The Hall–Kier alpha value is -1.40. The highest BCUT2D eigenvalue weighted by Gasteiger charge is 2.24. The van der Waals surface area contributed by atoms with Crippen LogP contribution < -0.4 is 0 Å². The van der Waals surface area contributed by atoms with Crippen molar-refractivity contribution in [1.29, 1.82) is 0 Å². The lowest BCUT2D eigenvalue weighted by molar-refractivity contribution is -0.151. The molecule has 0 heterocycles. The molecule has 0 unspecified atom stereocenters. The number of nitrogens with zero attached hydrogens (tertiary/aromatic N) is 1. The summed E-state index contributed by atoms with van der Waals surface area (Å²) >= 11 is 0. The molecule has 0 rings (SSSR count). The van der Waals surface area contributed by atoms with Crippen LogP contribution in [0.3, 0.4) is 0 Å². The molecular formula is C14H25NO5. The number of Topliss-reactive ketones (excluding diaryl/α,β-unsaturated/α-hetero) is 1. The van der Waals surface area contributed by atoms with Gasteiger partial charge < -0.3 is 19.1 Å². The van der Waals surface area contributed by atoms with Gasteiger partial charge >= 0.3 is 5.97 Å². The Bertz CT molecular complexity index is 332. The number of rotatable bonds is 10. The fourth-order valence-corrected chi connectivity index (χ4v) is 1.50. The summed E-state index contributed by atoms with van der Waals surface area (Å²) in [6, 6.07) is 0. The lowest BCUT2D eigenvalue weighted by atomic mass is 10.1. The van der Waals surface area contributed by atoms with Crippen LogP contribution >= 0.6 is 0 Å². The van der Waals surface area contributed by atoms with Gasteiger partial charge in [0.2, 0.25) is 0 Å². The SMILES string of the molecule is CCOC(=O)C(=CN(C)C)C(=O)CC(OCC)OCC. The maximum absolute atomic E-state index is 12.2. The minimum Gasteiger partial charge on any atom is -0.462 e. The summed E-state index contributed by atoms with van der Waals surface area (Å²) in [5.74, 6) is -0.984. The topological polar surface area (TPSA) is 65.1 Å². The molecule has 0 saturated carbocycles.